The third kappa shape index (κ3) is 6.66. The molecule has 0 atom stereocenters. The number of thiophene rings is 1. The number of benzene rings is 1. The Morgan fingerprint density at radius 3 is 2.72 bits per heavy atom. The first-order valence-electron chi connectivity index (χ1n) is 7.76. The fraction of sp³-hybridized carbons (Fsp3) is 0.312. The second-order valence-electron chi connectivity index (χ2n) is 5.27. The van der Waals surface area contributed by atoms with E-state index in [9.17, 15) is 8.42 Å². The van der Waals surface area contributed by atoms with Crippen LogP contribution in [-0.2, 0) is 23.0 Å². The van der Waals surface area contributed by atoms with E-state index in [0.29, 0.717) is 19.0 Å². The van der Waals surface area contributed by atoms with E-state index < -0.39 is 10.0 Å². The Balaban J connectivity index is 1.92. The number of rotatable bonds is 7. The molecule has 0 saturated carbocycles. The highest BCUT2D eigenvalue weighted by molar-refractivity contribution is 7.91. The molecule has 0 fully saturated rings. The fourth-order valence-electron chi connectivity index (χ4n) is 2.11. The number of halogens is 1. The van der Waals surface area contributed by atoms with Gasteiger partial charge in [0.1, 0.15) is 4.21 Å². The van der Waals surface area contributed by atoms with Crippen LogP contribution in [0, 0.1) is 0 Å². The summed E-state index contributed by atoms with van der Waals surface area (Å²) >= 11 is 7.11. The summed E-state index contributed by atoms with van der Waals surface area (Å²) in [5, 5.41) is 12.3. The van der Waals surface area contributed by atoms with Crippen molar-refractivity contribution in [3.8, 4) is 0 Å². The number of hydrogen-bond donors (Lipinski definition) is 3. The number of nitrogens with zero attached hydrogens (tertiary/aromatic N) is 1. The lowest BCUT2D eigenvalue weighted by Crippen LogP contribution is -2.38. The summed E-state index contributed by atoms with van der Waals surface area (Å²) in [5.74, 6) is 0.676. The summed E-state index contributed by atoms with van der Waals surface area (Å²) in [6.45, 7) is 3.81. The van der Waals surface area contributed by atoms with Gasteiger partial charge in [0.25, 0.3) is 0 Å². The van der Waals surface area contributed by atoms with Gasteiger partial charge < -0.3 is 10.6 Å². The fourth-order valence-corrected chi connectivity index (χ4v) is 4.03. The maximum Gasteiger partial charge on any atom is 0.247 e. The average Bonchev–Trinajstić information content (AvgIpc) is 3.02. The molecule has 9 heteroatoms. The Labute approximate surface area is 157 Å². The molecule has 0 spiro atoms. The monoisotopic (exact) mass is 400 g/mol. The lowest BCUT2D eigenvalue weighted by atomic mass is 10.1. The molecule has 0 unspecified atom stereocenters. The zero-order chi connectivity index (χ0) is 18.3. The van der Waals surface area contributed by atoms with Crippen LogP contribution in [0.25, 0.3) is 0 Å². The van der Waals surface area contributed by atoms with E-state index in [1.165, 1.54) is 6.07 Å². The average molecular weight is 401 g/mol. The molecule has 25 heavy (non-hydrogen) atoms. The van der Waals surface area contributed by atoms with Gasteiger partial charge in [-0.3, -0.25) is 0 Å². The van der Waals surface area contributed by atoms with Crippen LogP contribution in [0.1, 0.15) is 17.4 Å². The lowest BCUT2D eigenvalue weighted by Gasteiger charge is -2.11. The SMILES string of the molecule is CCNC(=NCc1ccc(S(N)(=O)=O)s1)NCCc1cccc(Cl)c1. The molecule has 4 N–H and O–H groups in total. The summed E-state index contributed by atoms with van der Waals surface area (Å²) in [5.41, 5.74) is 1.15. The predicted molar refractivity (Wildman–Crippen MR) is 104 cm³/mol. The van der Waals surface area contributed by atoms with E-state index in [0.717, 1.165) is 39.8 Å². The van der Waals surface area contributed by atoms with Gasteiger partial charge in [0.15, 0.2) is 5.96 Å². The van der Waals surface area contributed by atoms with Crippen LogP contribution in [0.15, 0.2) is 45.6 Å². The van der Waals surface area contributed by atoms with Crippen molar-refractivity contribution in [2.24, 2.45) is 10.1 Å². The van der Waals surface area contributed by atoms with Crippen molar-refractivity contribution in [1.82, 2.24) is 10.6 Å². The van der Waals surface area contributed by atoms with Gasteiger partial charge in [-0.05, 0) is 43.2 Å². The molecule has 0 aliphatic carbocycles. The van der Waals surface area contributed by atoms with E-state index in [1.54, 1.807) is 6.07 Å². The molecule has 1 heterocycles. The Morgan fingerprint density at radius 1 is 1.28 bits per heavy atom. The summed E-state index contributed by atoms with van der Waals surface area (Å²) in [4.78, 5) is 5.30. The highest BCUT2D eigenvalue weighted by Gasteiger charge is 2.11. The minimum atomic E-state index is -3.65. The number of hydrogen-bond acceptors (Lipinski definition) is 4. The molecule has 0 aliphatic rings. The molecule has 0 saturated heterocycles. The van der Waals surface area contributed by atoms with E-state index in [-0.39, 0.29) is 4.21 Å². The van der Waals surface area contributed by atoms with Crippen molar-refractivity contribution >= 4 is 38.9 Å². The van der Waals surface area contributed by atoms with E-state index >= 15 is 0 Å². The number of sulfonamides is 1. The molecule has 1 aromatic heterocycles. The molecular weight excluding hydrogens is 380 g/mol. The predicted octanol–water partition coefficient (Wildman–Crippen LogP) is 2.35. The van der Waals surface area contributed by atoms with Gasteiger partial charge >= 0.3 is 0 Å². The van der Waals surface area contributed by atoms with Crippen LogP contribution >= 0.6 is 22.9 Å². The van der Waals surface area contributed by atoms with Crippen molar-refractivity contribution in [3.63, 3.8) is 0 Å². The zero-order valence-electron chi connectivity index (χ0n) is 13.8. The van der Waals surface area contributed by atoms with Crippen LogP contribution in [0.2, 0.25) is 5.02 Å². The lowest BCUT2D eigenvalue weighted by molar-refractivity contribution is 0.600. The molecule has 1 aromatic carbocycles. The van der Waals surface area contributed by atoms with E-state index in [4.69, 9.17) is 16.7 Å². The van der Waals surface area contributed by atoms with Gasteiger partial charge in [0.05, 0.1) is 6.54 Å². The maximum atomic E-state index is 11.3. The third-order valence-corrected chi connectivity index (χ3v) is 5.99. The van der Waals surface area contributed by atoms with Gasteiger partial charge in [-0.25, -0.2) is 18.5 Å². The van der Waals surface area contributed by atoms with Gasteiger partial charge in [0, 0.05) is 23.0 Å². The molecule has 6 nitrogen and oxygen atoms in total. The van der Waals surface area contributed by atoms with Gasteiger partial charge in [-0.2, -0.15) is 0 Å². The number of guanidine groups is 1. The first kappa shape index (κ1) is 19.7. The molecule has 0 aliphatic heterocycles. The van der Waals surface area contributed by atoms with Crippen LogP contribution in [-0.4, -0.2) is 27.5 Å². The van der Waals surface area contributed by atoms with Crippen LogP contribution in [0.5, 0.6) is 0 Å². The molecule has 0 radical (unpaired) electrons. The Morgan fingerprint density at radius 2 is 2.08 bits per heavy atom. The number of nitrogens with one attached hydrogen (secondary N) is 2. The molecule has 2 rings (SSSR count). The molecular formula is C16H21ClN4O2S2. The molecule has 0 bridgehead atoms. The van der Waals surface area contributed by atoms with Crippen molar-refractivity contribution in [3.05, 3.63) is 51.9 Å². The third-order valence-electron chi connectivity index (χ3n) is 3.25. The number of aliphatic imine (C=N–C) groups is 1. The smallest absolute Gasteiger partial charge is 0.247 e. The van der Waals surface area contributed by atoms with Gasteiger partial charge in [-0.1, -0.05) is 23.7 Å². The Kier molecular flexibility index (Phi) is 7.24. The number of primary sulfonamides is 1. The Hall–Kier alpha value is -1.61. The summed E-state index contributed by atoms with van der Waals surface area (Å²) in [7, 11) is -3.65. The largest absolute Gasteiger partial charge is 0.357 e. The second-order valence-corrected chi connectivity index (χ2v) is 8.66. The van der Waals surface area contributed by atoms with Gasteiger partial charge in [-0.15, -0.1) is 11.3 Å². The van der Waals surface area contributed by atoms with Crippen molar-refractivity contribution in [1.29, 1.82) is 0 Å². The highest BCUT2D eigenvalue weighted by Crippen LogP contribution is 2.20. The van der Waals surface area contributed by atoms with E-state index in [1.807, 2.05) is 31.2 Å². The minimum Gasteiger partial charge on any atom is -0.357 e. The van der Waals surface area contributed by atoms with Gasteiger partial charge in [0.2, 0.25) is 10.0 Å². The zero-order valence-corrected chi connectivity index (χ0v) is 16.2. The summed E-state index contributed by atoms with van der Waals surface area (Å²) < 4.78 is 22.8. The van der Waals surface area contributed by atoms with Crippen molar-refractivity contribution in [2.45, 2.75) is 24.1 Å². The molecule has 0 amide bonds. The first-order valence-corrected chi connectivity index (χ1v) is 10.5. The standard InChI is InChI=1S/C16H21ClN4O2S2/c1-2-19-16(20-9-8-12-4-3-5-13(17)10-12)21-11-14-6-7-15(24-14)25(18,22)23/h3-7,10H,2,8-9,11H2,1H3,(H2,18,22,23)(H2,19,20,21). The van der Waals surface area contributed by atoms with Crippen molar-refractivity contribution in [2.75, 3.05) is 13.1 Å². The first-order chi connectivity index (χ1) is 11.9. The highest BCUT2D eigenvalue weighted by atomic mass is 35.5. The van der Waals surface area contributed by atoms with Crippen LogP contribution in [0.3, 0.4) is 0 Å². The second kappa shape index (κ2) is 9.19. The summed E-state index contributed by atoms with van der Waals surface area (Å²) in [6.07, 6.45) is 0.819. The topological polar surface area (TPSA) is 96.6 Å². The quantitative estimate of drug-likeness (QED) is 0.491. The van der Waals surface area contributed by atoms with Crippen LogP contribution < -0.4 is 15.8 Å². The summed E-state index contributed by atoms with van der Waals surface area (Å²) in [6, 6.07) is 11.0. The maximum absolute atomic E-state index is 11.3. The van der Waals surface area contributed by atoms with E-state index in [2.05, 4.69) is 15.6 Å². The van der Waals surface area contributed by atoms with Crippen LogP contribution in [0.4, 0.5) is 0 Å². The Bertz CT molecular complexity index is 834. The normalized spacial score (nSPS) is 12.2. The molecule has 136 valence electrons. The number of nitrogens with two attached hydrogens (primary N) is 1. The minimum absolute atomic E-state index is 0.150. The van der Waals surface area contributed by atoms with Crippen molar-refractivity contribution < 1.29 is 8.42 Å². The molecule has 2 aromatic rings.